The van der Waals surface area contributed by atoms with Crippen molar-refractivity contribution < 1.29 is 0 Å². The molecule has 4 heteroatoms. The molecule has 0 spiro atoms. The van der Waals surface area contributed by atoms with Crippen molar-refractivity contribution in [3.05, 3.63) is 118 Å². The van der Waals surface area contributed by atoms with Gasteiger partial charge in [-0.25, -0.2) is 9.97 Å². The second-order valence-corrected chi connectivity index (χ2v) is 22.2. The van der Waals surface area contributed by atoms with E-state index in [2.05, 4.69) is 138 Å². The van der Waals surface area contributed by atoms with Crippen molar-refractivity contribution >= 4 is 44.4 Å². The molecule has 3 aromatic heterocycles. The topological polar surface area (TPSA) is 57.4 Å². The fourth-order valence-corrected chi connectivity index (χ4v) is 14.3. The van der Waals surface area contributed by atoms with E-state index in [4.69, 9.17) is 9.97 Å². The number of H-pyrrole nitrogens is 2. The van der Waals surface area contributed by atoms with Crippen LogP contribution in [0.15, 0.2) is 72.9 Å². The van der Waals surface area contributed by atoms with Crippen LogP contribution >= 0.6 is 0 Å². The summed E-state index contributed by atoms with van der Waals surface area (Å²) in [4.78, 5) is 19.7. The molecule has 282 valence electrons. The molecule has 0 saturated heterocycles. The predicted octanol–water partition coefficient (Wildman–Crippen LogP) is 12.9. The zero-order valence-corrected chi connectivity index (χ0v) is 34.3. The Kier molecular flexibility index (Phi) is 5.81. The van der Waals surface area contributed by atoms with Crippen LogP contribution in [0.3, 0.4) is 0 Å². The maximum atomic E-state index is 5.72. The summed E-state index contributed by atoms with van der Waals surface area (Å²) in [6.07, 6.45) is 24.8. The Morgan fingerprint density at radius 3 is 1.12 bits per heavy atom. The molecule has 3 aromatic rings. The molecule has 0 radical (unpaired) electrons. The molecule has 2 N–H and O–H groups in total. The van der Waals surface area contributed by atoms with Gasteiger partial charge in [0.15, 0.2) is 0 Å². The third-order valence-electron chi connectivity index (χ3n) is 16.8. The van der Waals surface area contributed by atoms with Crippen LogP contribution in [0.2, 0.25) is 0 Å². The number of nitrogens with one attached hydrogen (secondary N) is 2. The largest absolute Gasteiger partial charge is 0.355 e. The van der Waals surface area contributed by atoms with Crippen molar-refractivity contribution in [2.75, 3.05) is 0 Å². The smallest absolute Gasteiger partial charge is 0.0700 e. The SMILES string of the molecule is CC1(C)CC2C=CC1C1=C2c2cc3nc(cc4[nH]c(cc5[nH]c(cc1n2)c1c5C2C=CC1C(C)(C)C2)c1c4C2C=CC1CC2(C)C)C1=C3C2C=CC1C(C)(C)C2. The summed E-state index contributed by atoms with van der Waals surface area (Å²) in [6.45, 7) is 19.8. The molecule has 4 nitrogen and oxygen atoms in total. The number of allylic oxidation sites excluding steroid dienone is 12. The number of hydrogen-bond acceptors (Lipinski definition) is 2. The number of aromatic amines is 2. The number of hydrogen-bond donors (Lipinski definition) is 2. The van der Waals surface area contributed by atoms with Gasteiger partial charge in [0.05, 0.1) is 22.8 Å². The Morgan fingerprint density at radius 2 is 0.714 bits per heavy atom. The van der Waals surface area contributed by atoms with E-state index >= 15 is 0 Å². The van der Waals surface area contributed by atoms with Crippen molar-refractivity contribution in [3.8, 4) is 0 Å². The first-order valence-corrected chi connectivity index (χ1v) is 21.7. The highest BCUT2D eigenvalue weighted by Crippen LogP contribution is 2.63. The summed E-state index contributed by atoms with van der Waals surface area (Å²) < 4.78 is 0. The van der Waals surface area contributed by atoms with E-state index < -0.39 is 0 Å². The van der Waals surface area contributed by atoms with Crippen molar-refractivity contribution in [3.63, 3.8) is 0 Å². The molecule has 2 aliphatic heterocycles. The number of nitrogens with zero attached hydrogens (tertiary/aromatic N) is 2. The highest BCUT2D eigenvalue weighted by molar-refractivity contribution is 6.01. The number of fused-ring (bicyclic) bond motifs is 12. The summed E-state index contributed by atoms with van der Waals surface area (Å²) in [5.41, 5.74) is 22.2. The average Bonchev–Trinajstić information content (AvgIpc) is 3.88. The van der Waals surface area contributed by atoms with Gasteiger partial charge >= 0.3 is 0 Å². The van der Waals surface area contributed by atoms with Crippen molar-refractivity contribution in [2.24, 2.45) is 45.3 Å². The lowest BCUT2D eigenvalue weighted by atomic mass is 9.57. The fourth-order valence-electron chi connectivity index (χ4n) is 14.3. The molecule has 16 bridgehead atoms. The Labute approximate surface area is 331 Å². The zero-order valence-electron chi connectivity index (χ0n) is 34.3. The quantitative estimate of drug-likeness (QED) is 0.226. The van der Waals surface area contributed by atoms with Gasteiger partial charge < -0.3 is 9.97 Å². The monoisotopic (exact) mass is 734 g/mol. The zero-order chi connectivity index (χ0) is 38.0. The normalized spacial score (nSPS) is 34.3. The van der Waals surface area contributed by atoms with E-state index in [-0.39, 0.29) is 21.7 Å². The van der Waals surface area contributed by atoms with Crippen LogP contribution in [0.5, 0.6) is 0 Å². The molecule has 0 amide bonds. The van der Waals surface area contributed by atoms with Crippen molar-refractivity contribution in [1.29, 1.82) is 0 Å². The van der Waals surface area contributed by atoms with Gasteiger partial charge in [-0.15, -0.1) is 0 Å². The Hall–Kier alpha value is -4.44. The van der Waals surface area contributed by atoms with Crippen LogP contribution in [0.1, 0.15) is 150 Å². The molecule has 0 saturated carbocycles. The minimum Gasteiger partial charge on any atom is -0.355 e. The van der Waals surface area contributed by atoms with Crippen LogP contribution in [0.4, 0.5) is 0 Å². The lowest BCUT2D eigenvalue weighted by molar-refractivity contribution is 0.243. The fraction of sp³-hybridized carbons (Fsp3) is 0.462. The van der Waals surface area contributed by atoms with Crippen LogP contribution in [0, 0.1) is 45.3 Å². The third kappa shape index (κ3) is 3.97. The van der Waals surface area contributed by atoms with E-state index in [0.29, 0.717) is 47.3 Å². The van der Waals surface area contributed by atoms with Crippen LogP contribution in [-0.4, -0.2) is 19.9 Å². The van der Waals surface area contributed by atoms with E-state index in [1.807, 2.05) is 0 Å². The highest BCUT2D eigenvalue weighted by Gasteiger charge is 2.50. The molecular weight excluding hydrogens is 681 g/mol. The van der Waals surface area contributed by atoms with E-state index in [9.17, 15) is 0 Å². The molecule has 0 fully saturated rings. The second kappa shape index (κ2) is 9.98. The number of rotatable bonds is 0. The maximum Gasteiger partial charge on any atom is 0.0700 e. The summed E-state index contributed by atoms with van der Waals surface area (Å²) in [6, 6.07) is 9.87. The maximum absolute atomic E-state index is 5.72. The minimum absolute atomic E-state index is 0.181. The lowest BCUT2D eigenvalue weighted by Crippen LogP contribution is -2.34. The summed E-state index contributed by atoms with van der Waals surface area (Å²) in [5.74, 6) is 2.96. The predicted molar refractivity (Wildman–Crippen MR) is 230 cm³/mol. The summed E-state index contributed by atoms with van der Waals surface area (Å²) in [5, 5.41) is 0. The highest BCUT2D eigenvalue weighted by atomic mass is 14.8. The van der Waals surface area contributed by atoms with Gasteiger partial charge in [-0.1, -0.05) is 104 Å². The Bertz CT molecular complexity index is 2570. The molecule has 8 unspecified atom stereocenters. The van der Waals surface area contributed by atoms with E-state index in [1.54, 1.807) is 0 Å². The molecule has 56 heavy (non-hydrogen) atoms. The number of aromatic nitrogens is 4. The standard InChI is InChI=1S/C52H54N4/c1-49(2)21-25-9-13-29(49)45-37-19-38-46-30-14-10-27(23-50(30,3)4)43(46)35(54-38)18-36-44-28-12-16-32(52(7,8)24-28)48(44)40(56-36)20-39-47-31-15-11-26(22-51(31,5)6)42(47)34(55-39)17-33(53-37)41(25)45/h9-20,25-32,53,55H,21-24H2,1-8H3. The second-order valence-electron chi connectivity index (χ2n) is 22.2. The van der Waals surface area contributed by atoms with E-state index in [0.717, 1.165) is 35.6 Å². The minimum atomic E-state index is 0.181. The lowest BCUT2D eigenvalue weighted by Gasteiger charge is -2.45. The van der Waals surface area contributed by atoms with Gasteiger partial charge in [0.1, 0.15) is 0 Å². The van der Waals surface area contributed by atoms with Crippen molar-refractivity contribution in [1.82, 2.24) is 19.9 Å². The average molecular weight is 735 g/mol. The molecule has 17 rings (SSSR count). The van der Waals surface area contributed by atoms with Crippen LogP contribution in [0.25, 0.3) is 44.4 Å². The first-order valence-electron chi connectivity index (χ1n) is 21.7. The van der Waals surface area contributed by atoms with Crippen molar-refractivity contribution in [2.45, 2.75) is 105 Å². The van der Waals surface area contributed by atoms with Gasteiger partial charge in [-0.2, -0.15) is 0 Å². The van der Waals surface area contributed by atoms with Gasteiger partial charge in [-0.3, -0.25) is 0 Å². The molecule has 0 aromatic carbocycles. The van der Waals surface area contributed by atoms with Gasteiger partial charge in [0, 0.05) is 69.4 Å². The van der Waals surface area contributed by atoms with Crippen LogP contribution < -0.4 is 0 Å². The molecule has 12 aliphatic carbocycles. The van der Waals surface area contributed by atoms with Gasteiger partial charge in [-0.05, 0) is 116 Å². The molecule has 14 aliphatic rings. The molecule has 5 heterocycles. The van der Waals surface area contributed by atoms with Crippen LogP contribution in [-0.2, 0) is 0 Å². The first kappa shape index (κ1) is 32.6. The van der Waals surface area contributed by atoms with Gasteiger partial charge in [0.25, 0.3) is 0 Å². The first-order chi connectivity index (χ1) is 26.7. The van der Waals surface area contributed by atoms with Gasteiger partial charge in [0.2, 0.25) is 0 Å². The Morgan fingerprint density at radius 1 is 0.375 bits per heavy atom. The molecular formula is C52H54N4. The van der Waals surface area contributed by atoms with E-state index in [1.165, 1.54) is 79.5 Å². The Balaban J connectivity index is 1.19. The third-order valence-corrected chi connectivity index (χ3v) is 16.8. The summed E-state index contributed by atoms with van der Waals surface area (Å²) >= 11 is 0. The summed E-state index contributed by atoms with van der Waals surface area (Å²) in [7, 11) is 0. The molecule has 8 atom stereocenters.